The summed E-state index contributed by atoms with van der Waals surface area (Å²) in [6, 6.07) is 6.99. The zero-order valence-electron chi connectivity index (χ0n) is 18.8. The van der Waals surface area contributed by atoms with E-state index in [4.69, 9.17) is 9.84 Å². The largest absolute Gasteiger partial charge is 0.494 e. The molecule has 0 atom stereocenters. The van der Waals surface area contributed by atoms with Gasteiger partial charge < -0.3 is 10.1 Å². The molecule has 9 heteroatoms. The second kappa shape index (κ2) is 9.03. The van der Waals surface area contributed by atoms with Crippen molar-refractivity contribution in [3.63, 3.8) is 0 Å². The molecule has 0 saturated heterocycles. The van der Waals surface area contributed by atoms with Crippen LogP contribution < -0.4 is 10.1 Å². The summed E-state index contributed by atoms with van der Waals surface area (Å²) >= 11 is 0. The molecular formula is C24H27F3N4O2. The van der Waals surface area contributed by atoms with Crippen molar-refractivity contribution in [1.82, 2.24) is 14.8 Å². The highest BCUT2D eigenvalue weighted by Gasteiger charge is 2.33. The fourth-order valence-corrected chi connectivity index (χ4v) is 4.46. The van der Waals surface area contributed by atoms with Crippen molar-refractivity contribution in [1.29, 1.82) is 0 Å². The number of benzene rings is 1. The van der Waals surface area contributed by atoms with Gasteiger partial charge in [0.25, 0.3) is 5.91 Å². The smallest absolute Gasteiger partial charge is 0.433 e. The first kappa shape index (κ1) is 23.1. The van der Waals surface area contributed by atoms with Gasteiger partial charge in [-0.25, -0.2) is 4.98 Å². The predicted molar refractivity (Wildman–Crippen MR) is 119 cm³/mol. The Kier molecular flexibility index (Phi) is 6.32. The fourth-order valence-electron chi connectivity index (χ4n) is 4.46. The quantitative estimate of drug-likeness (QED) is 0.500. The number of pyridine rings is 1. The van der Waals surface area contributed by atoms with E-state index in [2.05, 4.69) is 24.1 Å². The molecule has 1 amide bonds. The molecule has 1 N–H and O–H groups in total. The molecule has 0 spiro atoms. The third-order valence-corrected chi connectivity index (χ3v) is 6.42. The van der Waals surface area contributed by atoms with Gasteiger partial charge in [-0.2, -0.15) is 18.3 Å². The average molecular weight is 461 g/mol. The van der Waals surface area contributed by atoms with E-state index in [9.17, 15) is 18.0 Å². The minimum atomic E-state index is -4.63. The number of amides is 1. The van der Waals surface area contributed by atoms with Crippen LogP contribution >= 0.6 is 0 Å². The molecule has 1 aliphatic rings. The third-order valence-electron chi connectivity index (χ3n) is 6.42. The summed E-state index contributed by atoms with van der Waals surface area (Å²) in [5.41, 5.74) is -0.374. The van der Waals surface area contributed by atoms with Crippen molar-refractivity contribution in [2.24, 2.45) is 11.8 Å². The summed E-state index contributed by atoms with van der Waals surface area (Å²) in [6.45, 7) is 4.54. The Labute approximate surface area is 190 Å². The lowest BCUT2D eigenvalue weighted by atomic mass is 9.80. The van der Waals surface area contributed by atoms with Crippen LogP contribution in [-0.4, -0.2) is 27.8 Å². The van der Waals surface area contributed by atoms with E-state index in [-0.39, 0.29) is 5.69 Å². The number of nitrogens with zero attached hydrogens (tertiary/aromatic N) is 3. The second-order valence-electron chi connectivity index (χ2n) is 8.89. The van der Waals surface area contributed by atoms with E-state index in [0.29, 0.717) is 23.4 Å². The van der Waals surface area contributed by atoms with E-state index in [1.807, 2.05) is 10.9 Å². The molecule has 176 valence electrons. The molecular weight excluding hydrogens is 433 g/mol. The molecule has 2 aromatic heterocycles. The minimum absolute atomic E-state index is 0.325. The number of carbonyl (C=O) groups excluding carboxylic acids is 1. The van der Waals surface area contributed by atoms with Gasteiger partial charge >= 0.3 is 6.18 Å². The van der Waals surface area contributed by atoms with Crippen LogP contribution in [-0.2, 0) is 6.18 Å². The molecule has 2 heterocycles. The number of rotatable bonds is 5. The van der Waals surface area contributed by atoms with Gasteiger partial charge in [-0.1, -0.05) is 19.9 Å². The van der Waals surface area contributed by atoms with Crippen LogP contribution in [0, 0.1) is 11.8 Å². The topological polar surface area (TPSA) is 69.0 Å². The molecule has 1 aliphatic carbocycles. The summed E-state index contributed by atoms with van der Waals surface area (Å²) in [7, 11) is 1.46. The van der Waals surface area contributed by atoms with Crippen LogP contribution in [0.1, 0.15) is 61.8 Å². The first-order valence-electron chi connectivity index (χ1n) is 11.1. The Bertz CT molecular complexity index is 1150. The van der Waals surface area contributed by atoms with Crippen LogP contribution in [0.25, 0.3) is 10.9 Å². The average Bonchev–Trinajstić information content (AvgIpc) is 3.21. The monoisotopic (exact) mass is 460 g/mol. The standard InChI is InChI=1S/C24H27F3N4O2/c1-14(2)15-7-9-17(10-8-15)31-13-16-11-20(21(33-3)12-19(16)30-31)29-23(32)18-5-4-6-22(28-18)24(25,26)27/h4-6,11-15,17H,7-10H2,1-3H3,(H,29,32)/t15-,17-. The van der Waals surface area contributed by atoms with Crippen LogP contribution in [0.5, 0.6) is 5.75 Å². The van der Waals surface area contributed by atoms with E-state index in [1.54, 1.807) is 12.1 Å². The van der Waals surface area contributed by atoms with Crippen LogP contribution in [0.15, 0.2) is 36.5 Å². The minimum Gasteiger partial charge on any atom is -0.494 e. The van der Waals surface area contributed by atoms with Crippen molar-refractivity contribution < 1.29 is 22.7 Å². The zero-order chi connectivity index (χ0) is 23.8. The van der Waals surface area contributed by atoms with Crippen molar-refractivity contribution in [2.75, 3.05) is 12.4 Å². The van der Waals surface area contributed by atoms with E-state index in [1.165, 1.54) is 26.0 Å². The lowest BCUT2D eigenvalue weighted by Crippen LogP contribution is -2.21. The molecule has 3 aromatic rings. The highest BCUT2D eigenvalue weighted by molar-refractivity contribution is 6.05. The van der Waals surface area contributed by atoms with Gasteiger partial charge in [0.05, 0.1) is 24.4 Å². The molecule has 0 radical (unpaired) electrons. The summed E-state index contributed by atoms with van der Waals surface area (Å²) in [5.74, 6) is 1.05. The predicted octanol–water partition coefficient (Wildman–Crippen LogP) is 6.10. The number of ether oxygens (including phenoxy) is 1. The Morgan fingerprint density at radius 1 is 1.18 bits per heavy atom. The normalized spacial score (nSPS) is 19.1. The number of methoxy groups -OCH3 is 1. The highest BCUT2D eigenvalue weighted by atomic mass is 19.4. The number of nitrogens with one attached hydrogen (secondary N) is 1. The van der Waals surface area contributed by atoms with Gasteiger partial charge in [0.1, 0.15) is 17.1 Å². The number of fused-ring (bicyclic) bond motifs is 1. The Balaban J connectivity index is 1.56. The number of carbonyl (C=O) groups is 1. The molecule has 4 rings (SSSR count). The molecule has 1 aromatic carbocycles. The van der Waals surface area contributed by atoms with Gasteiger partial charge in [-0.3, -0.25) is 9.48 Å². The van der Waals surface area contributed by atoms with Gasteiger partial charge in [0, 0.05) is 17.6 Å². The molecule has 1 saturated carbocycles. The molecule has 0 aliphatic heterocycles. The summed E-state index contributed by atoms with van der Waals surface area (Å²) in [5, 5.41) is 8.16. The molecule has 6 nitrogen and oxygen atoms in total. The highest BCUT2D eigenvalue weighted by Crippen LogP contribution is 2.37. The number of hydrogen-bond donors (Lipinski definition) is 1. The second-order valence-corrected chi connectivity index (χ2v) is 8.89. The Morgan fingerprint density at radius 3 is 2.55 bits per heavy atom. The Hall–Kier alpha value is -3.10. The van der Waals surface area contributed by atoms with Crippen molar-refractivity contribution >= 4 is 22.5 Å². The molecule has 0 bridgehead atoms. The van der Waals surface area contributed by atoms with Crippen molar-refractivity contribution in [3.8, 4) is 5.75 Å². The van der Waals surface area contributed by atoms with Gasteiger partial charge in [0.2, 0.25) is 0 Å². The van der Waals surface area contributed by atoms with Crippen LogP contribution in [0.4, 0.5) is 18.9 Å². The van der Waals surface area contributed by atoms with E-state index in [0.717, 1.165) is 41.8 Å². The van der Waals surface area contributed by atoms with Crippen LogP contribution in [0.2, 0.25) is 0 Å². The van der Waals surface area contributed by atoms with Crippen LogP contribution in [0.3, 0.4) is 0 Å². The zero-order valence-corrected chi connectivity index (χ0v) is 18.8. The van der Waals surface area contributed by atoms with E-state index < -0.39 is 17.8 Å². The van der Waals surface area contributed by atoms with Gasteiger partial charge in [-0.15, -0.1) is 0 Å². The molecule has 33 heavy (non-hydrogen) atoms. The van der Waals surface area contributed by atoms with Gasteiger partial charge in [0.15, 0.2) is 0 Å². The summed E-state index contributed by atoms with van der Waals surface area (Å²) in [4.78, 5) is 16.1. The summed E-state index contributed by atoms with van der Waals surface area (Å²) < 4.78 is 46.2. The maximum Gasteiger partial charge on any atom is 0.433 e. The lowest BCUT2D eigenvalue weighted by Gasteiger charge is -2.30. The molecule has 0 unspecified atom stereocenters. The maximum atomic E-state index is 12.9. The molecule has 1 fully saturated rings. The van der Waals surface area contributed by atoms with Gasteiger partial charge in [-0.05, 0) is 55.7 Å². The SMILES string of the molecule is COc1cc2nn([C@H]3CC[C@H](C(C)C)CC3)cc2cc1NC(=O)c1cccc(C(F)(F)F)n1. The first-order chi connectivity index (χ1) is 15.7. The van der Waals surface area contributed by atoms with Crippen molar-refractivity contribution in [3.05, 3.63) is 47.9 Å². The van der Waals surface area contributed by atoms with E-state index >= 15 is 0 Å². The fraction of sp³-hybridized carbons (Fsp3) is 0.458. The lowest BCUT2D eigenvalue weighted by molar-refractivity contribution is -0.141. The number of hydrogen-bond acceptors (Lipinski definition) is 4. The number of halogens is 3. The Morgan fingerprint density at radius 2 is 1.91 bits per heavy atom. The number of anilines is 1. The maximum absolute atomic E-state index is 12.9. The van der Waals surface area contributed by atoms with Crippen molar-refractivity contribution in [2.45, 2.75) is 51.7 Å². The number of alkyl halides is 3. The third kappa shape index (κ3) is 4.96. The first-order valence-corrected chi connectivity index (χ1v) is 11.1. The number of aromatic nitrogens is 3. The summed E-state index contributed by atoms with van der Waals surface area (Å²) in [6.07, 6.45) is 1.81.